The molecule has 1 atom stereocenters. The highest BCUT2D eigenvalue weighted by atomic mass is 15.1. The van der Waals surface area contributed by atoms with E-state index in [1.54, 1.807) is 0 Å². The van der Waals surface area contributed by atoms with Crippen molar-refractivity contribution in [2.24, 2.45) is 0 Å². The van der Waals surface area contributed by atoms with Crippen LogP contribution in [0.3, 0.4) is 0 Å². The lowest BCUT2D eigenvalue weighted by Crippen LogP contribution is -2.27. The molecule has 2 nitrogen and oxygen atoms in total. The second-order valence-corrected chi connectivity index (χ2v) is 14.3. The first-order valence-corrected chi connectivity index (χ1v) is 17.5. The van der Waals surface area contributed by atoms with Gasteiger partial charge in [-0.15, -0.1) is 0 Å². The molecule has 4 aliphatic carbocycles. The molecule has 0 aromatic heterocycles. The van der Waals surface area contributed by atoms with Gasteiger partial charge in [-0.25, -0.2) is 0 Å². The van der Waals surface area contributed by atoms with E-state index in [9.17, 15) is 5.26 Å². The van der Waals surface area contributed by atoms with Crippen LogP contribution in [0.4, 0.5) is 17.1 Å². The summed E-state index contributed by atoms with van der Waals surface area (Å²) < 4.78 is 0. The largest absolute Gasteiger partial charge is 0.310 e. The van der Waals surface area contributed by atoms with Crippen molar-refractivity contribution in [3.05, 3.63) is 202 Å². The van der Waals surface area contributed by atoms with Gasteiger partial charge in [0.2, 0.25) is 0 Å². The molecule has 4 aliphatic rings. The Bertz CT molecular complexity index is 2550. The molecule has 50 heavy (non-hydrogen) atoms. The first-order valence-electron chi connectivity index (χ1n) is 17.5. The minimum Gasteiger partial charge on any atom is -0.310 e. The number of rotatable bonds is 3. The van der Waals surface area contributed by atoms with Crippen LogP contribution in [0.2, 0.25) is 0 Å². The zero-order valence-corrected chi connectivity index (χ0v) is 28.1. The smallest absolute Gasteiger partial charge is 0.0991 e. The normalized spacial score (nSPS) is 18.1. The highest BCUT2D eigenvalue weighted by Gasteiger charge is 2.52. The van der Waals surface area contributed by atoms with E-state index in [2.05, 4.69) is 170 Å². The summed E-state index contributed by atoms with van der Waals surface area (Å²) in [7, 11) is 0. The van der Waals surface area contributed by atoms with E-state index in [-0.39, 0.29) is 5.41 Å². The standard InChI is InChI=1S/C48H34N2/c1-47(2)41-16-9-6-13-35(41)39-26-24-33(28-45(39)47)50(32-22-20-31(30-49)21-23-32)34-25-27-40-38-15-8-11-19-44(38)48(46(40)29-34)42-17-5-3-4-12-36(42)37-14-7-10-18-43(37)48/h3-16,18-29H,17H2,1-2H3. The monoisotopic (exact) mass is 638 g/mol. The van der Waals surface area contributed by atoms with Gasteiger partial charge in [0, 0.05) is 22.5 Å². The van der Waals surface area contributed by atoms with E-state index in [0.29, 0.717) is 5.56 Å². The predicted octanol–water partition coefficient (Wildman–Crippen LogP) is 11.9. The zero-order valence-electron chi connectivity index (χ0n) is 28.1. The van der Waals surface area contributed by atoms with Gasteiger partial charge in [-0.3, -0.25) is 0 Å². The molecule has 6 aromatic rings. The Hall–Kier alpha value is -6.17. The molecule has 1 unspecified atom stereocenters. The van der Waals surface area contributed by atoms with Crippen LogP contribution in [-0.4, -0.2) is 0 Å². The van der Waals surface area contributed by atoms with Crippen LogP contribution in [0, 0.1) is 11.3 Å². The molecule has 236 valence electrons. The summed E-state index contributed by atoms with van der Waals surface area (Å²) in [6.07, 6.45) is 9.88. The van der Waals surface area contributed by atoms with Crippen molar-refractivity contribution in [1.29, 1.82) is 5.26 Å². The van der Waals surface area contributed by atoms with Gasteiger partial charge in [0.15, 0.2) is 0 Å². The number of fused-ring (bicyclic) bond motifs is 12. The maximum absolute atomic E-state index is 9.68. The van der Waals surface area contributed by atoms with Crippen LogP contribution in [0.1, 0.15) is 59.2 Å². The lowest BCUT2D eigenvalue weighted by atomic mass is 9.68. The van der Waals surface area contributed by atoms with Gasteiger partial charge in [-0.2, -0.15) is 5.26 Å². The maximum Gasteiger partial charge on any atom is 0.0991 e. The minimum atomic E-state index is -0.398. The fourth-order valence-corrected chi connectivity index (χ4v) is 9.43. The summed E-state index contributed by atoms with van der Waals surface area (Å²) in [4.78, 5) is 2.38. The molecule has 10 rings (SSSR count). The Kier molecular flexibility index (Phi) is 6.00. The van der Waals surface area contributed by atoms with Crippen molar-refractivity contribution in [3.8, 4) is 28.3 Å². The molecule has 0 N–H and O–H groups in total. The molecule has 0 heterocycles. The van der Waals surface area contributed by atoms with Crippen molar-refractivity contribution < 1.29 is 0 Å². The van der Waals surface area contributed by atoms with Crippen molar-refractivity contribution in [1.82, 2.24) is 0 Å². The lowest BCUT2D eigenvalue weighted by Gasteiger charge is -2.34. The van der Waals surface area contributed by atoms with E-state index in [1.807, 2.05) is 12.1 Å². The van der Waals surface area contributed by atoms with Crippen LogP contribution in [-0.2, 0) is 10.8 Å². The first-order chi connectivity index (χ1) is 24.5. The van der Waals surface area contributed by atoms with Crippen molar-refractivity contribution in [2.45, 2.75) is 31.1 Å². The summed E-state index contributed by atoms with van der Waals surface area (Å²) in [5.41, 5.74) is 19.4. The van der Waals surface area contributed by atoms with Crippen LogP contribution >= 0.6 is 0 Å². The number of allylic oxidation sites excluding steroid dienone is 6. The van der Waals surface area contributed by atoms with E-state index in [0.717, 1.165) is 23.5 Å². The first kappa shape index (κ1) is 28.8. The highest BCUT2D eigenvalue weighted by Crippen LogP contribution is 2.63. The van der Waals surface area contributed by atoms with Crippen molar-refractivity contribution in [3.63, 3.8) is 0 Å². The van der Waals surface area contributed by atoms with E-state index in [4.69, 9.17) is 0 Å². The summed E-state index contributed by atoms with van der Waals surface area (Å²) in [6.45, 7) is 4.67. The summed E-state index contributed by atoms with van der Waals surface area (Å²) in [6, 6.07) is 51.2. The van der Waals surface area contributed by atoms with Gasteiger partial charge in [0.25, 0.3) is 0 Å². The Morgan fingerprint density at radius 2 is 1.08 bits per heavy atom. The van der Waals surface area contributed by atoms with Gasteiger partial charge < -0.3 is 4.90 Å². The maximum atomic E-state index is 9.68. The Labute approximate surface area is 293 Å². The Morgan fingerprint density at radius 3 is 1.78 bits per heavy atom. The van der Waals surface area contributed by atoms with Crippen LogP contribution in [0.25, 0.3) is 27.8 Å². The third-order valence-electron chi connectivity index (χ3n) is 11.6. The molecule has 0 saturated heterocycles. The third-order valence-corrected chi connectivity index (χ3v) is 11.6. The van der Waals surface area contributed by atoms with Crippen LogP contribution in [0.15, 0.2) is 163 Å². The SMILES string of the molecule is CC1(C)c2ccccc2-c2ccc(N(c3ccc(C#N)cc3)c3ccc4c(c3)C3(C5=C(C=CC=CC5)c5ccccc53)c3ccccc3-4)cc21. The minimum absolute atomic E-state index is 0.126. The van der Waals surface area contributed by atoms with Crippen LogP contribution in [0.5, 0.6) is 0 Å². The van der Waals surface area contributed by atoms with E-state index < -0.39 is 5.41 Å². The molecule has 0 saturated carbocycles. The zero-order chi connectivity index (χ0) is 33.6. The molecule has 0 aliphatic heterocycles. The molecular weight excluding hydrogens is 605 g/mol. The highest BCUT2D eigenvalue weighted by molar-refractivity contribution is 5.98. The number of anilines is 3. The van der Waals surface area contributed by atoms with Gasteiger partial charge in [-0.05, 0) is 122 Å². The predicted molar refractivity (Wildman–Crippen MR) is 205 cm³/mol. The molecule has 1 spiro atoms. The molecule has 0 fully saturated rings. The summed E-state index contributed by atoms with van der Waals surface area (Å²) in [5.74, 6) is 0. The van der Waals surface area contributed by atoms with Crippen molar-refractivity contribution in [2.75, 3.05) is 4.90 Å². The average molecular weight is 639 g/mol. The Morgan fingerprint density at radius 1 is 0.540 bits per heavy atom. The quantitative estimate of drug-likeness (QED) is 0.193. The van der Waals surface area contributed by atoms with Gasteiger partial charge in [-0.1, -0.05) is 123 Å². The topological polar surface area (TPSA) is 27.0 Å². The third kappa shape index (κ3) is 3.72. The van der Waals surface area contributed by atoms with Crippen molar-refractivity contribution >= 4 is 22.6 Å². The average Bonchev–Trinajstić information content (AvgIpc) is 3.58. The number of hydrogen-bond donors (Lipinski definition) is 0. The second kappa shape index (κ2) is 10.4. The summed E-state index contributed by atoms with van der Waals surface area (Å²) >= 11 is 0. The molecule has 2 heteroatoms. The van der Waals surface area contributed by atoms with Crippen LogP contribution < -0.4 is 4.90 Å². The van der Waals surface area contributed by atoms with Gasteiger partial charge in [0.05, 0.1) is 17.0 Å². The lowest BCUT2D eigenvalue weighted by molar-refractivity contribution is 0.660. The molecule has 0 amide bonds. The molecule has 0 radical (unpaired) electrons. The fraction of sp³-hybridized carbons (Fsp3) is 0.104. The van der Waals surface area contributed by atoms with E-state index >= 15 is 0 Å². The number of nitriles is 1. The fourth-order valence-electron chi connectivity index (χ4n) is 9.43. The molecule has 6 aromatic carbocycles. The number of benzene rings is 6. The number of hydrogen-bond acceptors (Lipinski definition) is 2. The van der Waals surface area contributed by atoms with E-state index in [1.165, 1.54) is 66.8 Å². The number of nitrogens with zero attached hydrogens (tertiary/aromatic N) is 2. The summed E-state index contributed by atoms with van der Waals surface area (Å²) in [5, 5.41) is 9.68. The Balaban J connectivity index is 1.23. The second-order valence-electron chi connectivity index (χ2n) is 14.3. The molecular formula is C48H34N2. The van der Waals surface area contributed by atoms with Gasteiger partial charge in [0.1, 0.15) is 0 Å². The molecule has 0 bridgehead atoms. The van der Waals surface area contributed by atoms with Gasteiger partial charge >= 0.3 is 0 Å².